The lowest BCUT2D eigenvalue weighted by atomic mass is 9.97. The van der Waals surface area contributed by atoms with Gasteiger partial charge in [0.25, 0.3) is 0 Å². The molecule has 0 bridgehead atoms. The van der Waals surface area contributed by atoms with Gasteiger partial charge in [0, 0.05) is 12.6 Å². The van der Waals surface area contributed by atoms with E-state index < -0.39 is 0 Å². The van der Waals surface area contributed by atoms with Gasteiger partial charge in [-0.15, -0.1) is 0 Å². The summed E-state index contributed by atoms with van der Waals surface area (Å²) in [5, 5.41) is 12.3. The van der Waals surface area contributed by atoms with Crippen LogP contribution in [0.2, 0.25) is 0 Å². The van der Waals surface area contributed by atoms with Gasteiger partial charge in [0.2, 0.25) is 0 Å². The van der Waals surface area contributed by atoms with Gasteiger partial charge < -0.3 is 5.32 Å². The smallest absolute Gasteiger partial charge is 0.186 e. The Balaban J connectivity index is 2.18. The lowest BCUT2D eigenvalue weighted by Crippen LogP contribution is -2.28. The zero-order valence-corrected chi connectivity index (χ0v) is 12.4. The van der Waals surface area contributed by atoms with Crippen molar-refractivity contribution in [2.24, 2.45) is 5.10 Å². The molecule has 4 heteroatoms. The monoisotopic (exact) mass is 293 g/mol. The molecule has 2 N–H and O–H groups in total. The van der Waals surface area contributed by atoms with E-state index in [1.54, 1.807) is 7.05 Å². The molecule has 0 heterocycles. The number of benzene rings is 3. The normalized spacial score (nSPS) is 11.1. The number of nitrogens with zero attached hydrogens (tertiary/aromatic N) is 1. The topological polar surface area (TPSA) is 36.4 Å². The third-order valence-electron chi connectivity index (χ3n) is 3.40. The second-order valence-electron chi connectivity index (χ2n) is 4.68. The number of hydrogen-bond donors (Lipinski definition) is 2. The summed E-state index contributed by atoms with van der Waals surface area (Å²) >= 11 is 5.03. The van der Waals surface area contributed by atoms with Crippen LogP contribution >= 0.6 is 12.2 Å². The highest BCUT2D eigenvalue weighted by Gasteiger charge is 2.05. The first kappa shape index (κ1) is 13.5. The lowest BCUT2D eigenvalue weighted by molar-refractivity contribution is 0.982. The molecule has 0 aliphatic heterocycles. The van der Waals surface area contributed by atoms with E-state index in [-0.39, 0.29) is 0 Å². The van der Waals surface area contributed by atoms with Crippen LogP contribution in [0, 0.1) is 0 Å². The minimum Gasteiger partial charge on any atom is -0.364 e. The van der Waals surface area contributed by atoms with Crippen molar-refractivity contribution >= 4 is 45.1 Å². The molecule has 0 aromatic heterocycles. The van der Waals surface area contributed by atoms with Crippen molar-refractivity contribution in [1.82, 2.24) is 10.7 Å². The molecule has 21 heavy (non-hydrogen) atoms. The molecule has 0 saturated heterocycles. The summed E-state index contributed by atoms with van der Waals surface area (Å²) in [5.74, 6) is 0. The first-order valence-electron chi connectivity index (χ1n) is 6.71. The molecule has 0 amide bonds. The Morgan fingerprint density at radius 1 is 1.00 bits per heavy atom. The molecular formula is C17H15N3S. The quantitative estimate of drug-likeness (QED) is 0.329. The minimum absolute atomic E-state index is 0.496. The van der Waals surface area contributed by atoms with Crippen LogP contribution in [0.4, 0.5) is 0 Å². The Hall–Kier alpha value is -2.46. The molecule has 0 atom stereocenters. The highest BCUT2D eigenvalue weighted by molar-refractivity contribution is 7.80. The molecule has 0 radical (unpaired) electrons. The fourth-order valence-electron chi connectivity index (χ4n) is 2.40. The van der Waals surface area contributed by atoms with Crippen LogP contribution in [0.15, 0.2) is 59.7 Å². The molecular weight excluding hydrogens is 278 g/mol. The molecule has 3 nitrogen and oxygen atoms in total. The average Bonchev–Trinajstić information content (AvgIpc) is 2.54. The van der Waals surface area contributed by atoms with Crippen molar-refractivity contribution in [3.63, 3.8) is 0 Å². The Morgan fingerprint density at radius 2 is 1.57 bits per heavy atom. The van der Waals surface area contributed by atoms with Crippen molar-refractivity contribution in [3.05, 3.63) is 60.2 Å². The molecule has 3 aromatic carbocycles. The fraction of sp³-hybridized carbons (Fsp3) is 0.0588. The molecule has 104 valence electrons. The molecule has 0 aliphatic carbocycles. The van der Waals surface area contributed by atoms with Gasteiger partial charge in [-0.2, -0.15) is 5.10 Å². The van der Waals surface area contributed by atoms with E-state index in [1.165, 1.54) is 21.5 Å². The largest absolute Gasteiger partial charge is 0.364 e. The molecule has 0 fully saturated rings. The van der Waals surface area contributed by atoms with Gasteiger partial charge in [-0.05, 0) is 39.8 Å². The van der Waals surface area contributed by atoms with E-state index in [1.807, 2.05) is 30.5 Å². The lowest BCUT2D eigenvalue weighted by Gasteiger charge is -2.08. The maximum atomic E-state index is 5.03. The van der Waals surface area contributed by atoms with Gasteiger partial charge >= 0.3 is 0 Å². The number of nitrogens with one attached hydrogen (secondary N) is 2. The second kappa shape index (κ2) is 5.89. The van der Waals surface area contributed by atoms with Crippen molar-refractivity contribution < 1.29 is 0 Å². The molecule has 3 rings (SSSR count). The van der Waals surface area contributed by atoms with Crippen molar-refractivity contribution in [2.45, 2.75) is 0 Å². The Bertz CT molecular complexity index is 786. The van der Waals surface area contributed by atoms with Gasteiger partial charge in [0.15, 0.2) is 5.11 Å². The van der Waals surface area contributed by atoms with E-state index in [9.17, 15) is 0 Å². The van der Waals surface area contributed by atoms with E-state index in [4.69, 9.17) is 12.2 Å². The summed E-state index contributed by atoms with van der Waals surface area (Å²) < 4.78 is 0. The Morgan fingerprint density at radius 3 is 2.14 bits per heavy atom. The summed E-state index contributed by atoms with van der Waals surface area (Å²) in [7, 11) is 1.76. The Kier molecular flexibility index (Phi) is 3.79. The molecule has 0 spiro atoms. The predicted octanol–water partition coefficient (Wildman–Crippen LogP) is 3.42. The first-order chi connectivity index (χ1) is 10.3. The average molecular weight is 293 g/mol. The van der Waals surface area contributed by atoms with Gasteiger partial charge in [0.1, 0.15) is 0 Å². The summed E-state index contributed by atoms with van der Waals surface area (Å²) in [6, 6.07) is 18.8. The standard InChI is InChI=1S/C17H15N3S/c1-18-17(21)20-19-11-16-14-8-4-2-6-12(14)10-13-7-3-5-9-15(13)16/h2-11H,1H3,(H2,18,20,21)/b19-11-. The van der Waals surface area contributed by atoms with E-state index >= 15 is 0 Å². The van der Waals surface area contributed by atoms with Gasteiger partial charge in [-0.25, -0.2) is 0 Å². The summed E-state index contributed by atoms with van der Waals surface area (Å²) in [6.45, 7) is 0. The van der Waals surface area contributed by atoms with E-state index in [0.717, 1.165) is 5.56 Å². The number of hydrogen-bond acceptors (Lipinski definition) is 2. The Labute approximate surface area is 128 Å². The van der Waals surface area contributed by atoms with Crippen LogP contribution in [0.3, 0.4) is 0 Å². The third-order valence-corrected chi connectivity index (χ3v) is 3.70. The van der Waals surface area contributed by atoms with Crippen LogP contribution in [0.25, 0.3) is 21.5 Å². The first-order valence-corrected chi connectivity index (χ1v) is 7.11. The number of rotatable bonds is 2. The number of hydrazone groups is 1. The van der Waals surface area contributed by atoms with Crippen LogP contribution in [-0.2, 0) is 0 Å². The zero-order valence-electron chi connectivity index (χ0n) is 11.6. The predicted molar refractivity (Wildman–Crippen MR) is 93.8 cm³/mol. The zero-order chi connectivity index (χ0) is 14.7. The maximum Gasteiger partial charge on any atom is 0.186 e. The van der Waals surface area contributed by atoms with Crippen LogP contribution in [0.5, 0.6) is 0 Å². The molecule has 0 saturated carbocycles. The maximum absolute atomic E-state index is 5.03. The van der Waals surface area contributed by atoms with Crippen molar-refractivity contribution in [2.75, 3.05) is 7.05 Å². The number of thiocarbonyl (C=S) groups is 1. The van der Waals surface area contributed by atoms with Gasteiger partial charge in [-0.1, -0.05) is 48.5 Å². The highest BCUT2D eigenvalue weighted by Crippen LogP contribution is 2.27. The second-order valence-corrected chi connectivity index (χ2v) is 5.09. The van der Waals surface area contributed by atoms with Gasteiger partial charge in [0.05, 0.1) is 6.21 Å². The van der Waals surface area contributed by atoms with Crippen LogP contribution in [-0.4, -0.2) is 18.4 Å². The van der Waals surface area contributed by atoms with Crippen molar-refractivity contribution in [3.8, 4) is 0 Å². The molecule has 0 aliphatic rings. The summed E-state index contributed by atoms with van der Waals surface area (Å²) in [4.78, 5) is 0. The van der Waals surface area contributed by atoms with Gasteiger partial charge in [-0.3, -0.25) is 5.43 Å². The molecule has 0 unspecified atom stereocenters. The fourth-order valence-corrected chi connectivity index (χ4v) is 2.45. The van der Waals surface area contributed by atoms with E-state index in [0.29, 0.717) is 5.11 Å². The summed E-state index contributed by atoms with van der Waals surface area (Å²) in [6.07, 6.45) is 1.83. The summed E-state index contributed by atoms with van der Waals surface area (Å²) in [5.41, 5.74) is 3.89. The van der Waals surface area contributed by atoms with Crippen LogP contribution in [0.1, 0.15) is 5.56 Å². The highest BCUT2D eigenvalue weighted by atomic mass is 32.1. The minimum atomic E-state index is 0.496. The number of fused-ring (bicyclic) bond motifs is 2. The van der Waals surface area contributed by atoms with Crippen molar-refractivity contribution in [1.29, 1.82) is 0 Å². The molecule has 3 aromatic rings. The SMILES string of the molecule is CNC(=S)N/N=C\c1c2ccccc2cc2ccccc12. The van der Waals surface area contributed by atoms with E-state index in [2.05, 4.69) is 46.2 Å². The van der Waals surface area contributed by atoms with Crippen LogP contribution < -0.4 is 10.7 Å². The third kappa shape index (κ3) is 2.71.